The van der Waals surface area contributed by atoms with Gasteiger partial charge in [0.15, 0.2) is 5.82 Å². The molecule has 1 fully saturated rings. The second-order valence-electron chi connectivity index (χ2n) is 5.12. The highest BCUT2D eigenvalue weighted by Gasteiger charge is 2.21. The molecule has 2 rings (SSSR count). The van der Waals surface area contributed by atoms with Gasteiger partial charge >= 0.3 is 0 Å². The standard InChI is InChI=1S/C13H23N3OS/c1-10(7-8-14)5-6-12-15-13(16-17-12)11-4-2-3-9-18-11/h10-11H,2-9,14H2,1H3. The van der Waals surface area contributed by atoms with E-state index >= 15 is 0 Å². The largest absolute Gasteiger partial charge is 0.339 e. The lowest BCUT2D eigenvalue weighted by Crippen LogP contribution is -2.07. The molecule has 0 spiro atoms. The third-order valence-electron chi connectivity index (χ3n) is 3.46. The molecule has 0 saturated carbocycles. The van der Waals surface area contributed by atoms with E-state index in [2.05, 4.69) is 17.1 Å². The smallest absolute Gasteiger partial charge is 0.226 e. The van der Waals surface area contributed by atoms with Gasteiger partial charge in [0.05, 0.1) is 5.25 Å². The molecule has 5 heteroatoms. The summed E-state index contributed by atoms with van der Waals surface area (Å²) in [4.78, 5) is 4.54. The quantitative estimate of drug-likeness (QED) is 0.860. The van der Waals surface area contributed by atoms with Crippen LogP contribution in [0.5, 0.6) is 0 Å². The zero-order valence-corrected chi connectivity index (χ0v) is 11.9. The van der Waals surface area contributed by atoms with Crippen LogP contribution in [0, 0.1) is 5.92 Å². The molecule has 1 aromatic heterocycles. The maximum absolute atomic E-state index is 5.55. The second-order valence-corrected chi connectivity index (χ2v) is 6.43. The van der Waals surface area contributed by atoms with E-state index in [1.54, 1.807) is 0 Å². The molecule has 2 unspecified atom stereocenters. The number of nitrogens with zero attached hydrogens (tertiary/aromatic N) is 2. The van der Waals surface area contributed by atoms with Gasteiger partial charge < -0.3 is 10.3 Å². The van der Waals surface area contributed by atoms with Crippen molar-refractivity contribution in [2.24, 2.45) is 11.7 Å². The summed E-state index contributed by atoms with van der Waals surface area (Å²) in [6, 6.07) is 0. The van der Waals surface area contributed by atoms with Gasteiger partial charge in [-0.1, -0.05) is 18.5 Å². The van der Waals surface area contributed by atoms with Crippen LogP contribution in [-0.2, 0) is 6.42 Å². The molecule has 102 valence electrons. The summed E-state index contributed by atoms with van der Waals surface area (Å²) >= 11 is 1.96. The fourth-order valence-corrected chi connectivity index (χ4v) is 3.48. The van der Waals surface area contributed by atoms with Crippen LogP contribution in [0.15, 0.2) is 4.52 Å². The number of rotatable bonds is 6. The number of aromatic nitrogens is 2. The second kappa shape index (κ2) is 7.14. The van der Waals surface area contributed by atoms with Crippen molar-refractivity contribution in [3.8, 4) is 0 Å². The maximum Gasteiger partial charge on any atom is 0.226 e. The normalized spacial score (nSPS) is 22.0. The minimum Gasteiger partial charge on any atom is -0.339 e. The van der Waals surface area contributed by atoms with Crippen LogP contribution in [0.2, 0.25) is 0 Å². The predicted molar refractivity (Wildman–Crippen MR) is 74.5 cm³/mol. The average Bonchev–Trinajstić information content (AvgIpc) is 2.87. The van der Waals surface area contributed by atoms with E-state index in [0.29, 0.717) is 11.2 Å². The number of aryl methyl sites for hydroxylation is 1. The Labute approximate surface area is 113 Å². The van der Waals surface area contributed by atoms with E-state index in [-0.39, 0.29) is 0 Å². The third kappa shape index (κ3) is 3.99. The molecule has 2 heterocycles. The Balaban J connectivity index is 1.82. The van der Waals surface area contributed by atoms with Crippen LogP contribution in [0.1, 0.15) is 56.0 Å². The molecule has 0 aliphatic carbocycles. The van der Waals surface area contributed by atoms with E-state index in [1.165, 1.54) is 25.0 Å². The Hall–Kier alpha value is -0.550. The lowest BCUT2D eigenvalue weighted by Gasteiger charge is -2.17. The number of hydrogen-bond acceptors (Lipinski definition) is 5. The first-order chi connectivity index (χ1) is 8.79. The fraction of sp³-hybridized carbons (Fsp3) is 0.846. The van der Waals surface area contributed by atoms with E-state index in [9.17, 15) is 0 Å². The number of thioether (sulfide) groups is 1. The van der Waals surface area contributed by atoms with Crippen molar-refractivity contribution in [1.82, 2.24) is 10.1 Å². The van der Waals surface area contributed by atoms with Crippen molar-refractivity contribution in [2.45, 2.75) is 50.7 Å². The molecule has 18 heavy (non-hydrogen) atoms. The van der Waals surface area contributed by atoms with Crippen molar-refractivity contribution in [3.05, 3.63) is 11.7 Å². The van der Waals surface area contributed by atoms with Crippen LogP contribution in [-0.4, -0.2) is 22.4 Å². The van der Waals surface area contributed by atoms with Crippen LogP contribution in [0.25, 0.3) is 0 Å². The summed E-state index contributed by atoms with van der Waals surface area (Å²) in [5.41, 5.74) is 5.55. The van der Waals surface area contributed by atoms with E-state index in [4.69, 9.17) is 10.3 Å². The Morgan fingerprint density at radius 3 is 3.06 bits per heavy atom. The molecule has 1 aliphatic heterocycles. The lowest BCUT2D eigenvalue weighted by molar-refractivity contribution is 0.357. The van der Waals surface area contributed by atoms with Crippen LogP contribution in [0.4, 0.5) is 0 Å². The van der Waals surface area contributed by atoms with Crippen molar-refractivity contribution in [3.63, 3.8) is 0 Å². The lowest BCUT2D eigenvalue weighted by atomic mass is 10.0. The minimum atomic E-state index is 0.456. The van der Waals surface area contributed by atoms with Gasteiger partial charge in [-0.15, -0.1) is 0 Å². The van der Waals surface area contributed by atoms with E-state index in [1.807, 2.05) is 11.8 Å². The van der Waals surface area contributed by atoms with Gasteiger partial charge in [-0.05, 0) is 43.9 Å². The van der Waals surface area contributed by atoms with Gasteiger partial charge in [-0.25, -0.2) is 0 Å². The van der Waals surface area contributed by atoms with Crippen molar-refractivity contribution in [1.29, 1.82) is 0 Å². The first-order valence-corrected chi connectivity index (χ1v) is 7.98. The molecule has 0 aromatic carbocycles. The number of nitrogens with two attached hydrogens (primary N) is 1. The average molecular weight is 269 g/mol. The van der Waals surface area contributed by atoms with Gasteiger partial charge in [-0.2, -0.15) is 16.7 Å². The molecule has 0 bridgehead atoms. The van der Waals surface area contributed by atoms with Gasteiger partial charge in [0, 0.05) is 6.42 Å². The number of hydrogen-bond donors (Lipinski definition) is 1. The summed E-state index contributed by atoms with van der Waals surface area (Å²) in [6.45, 7) is 2.98. The van der Waals surface area contributed by atoms with Crippen molar-refractivity contribution in [2.75, 3.05) is 12.3 Å². The molecule has 0 amide bonds. The van der Waals surface area contributed by atoms with E-state index in [0.717, 1.165) is 37.5 Å². The molecule has 4 nitrogen and oxygen atoms in total. The highest BCUT2D eigenvalue weighted by molar-refractivity contribution is 7.99. The monoisotopic (exact) mass is 269 g/mol. The summed E-state index contributed by atoms with van der Waals surface area (Å²) in [5, 5.41) is 4.59. The van der Waals surface area contributed by atoms with Gasteiger partial charge in [0.25, 0.3) is 0 Å². The Bertz CT molecular complexity index is 350. The Kier molecular flexibility index (Phi) is 5.50. The Morgan fingerprint density at radius 1 is 1.44 bits per heavy atom. The molecule has 1 saturated heterocycles. The topological polar surface area (TPSA) is 64.9 Å². The SMILES string of the molecule is CC(CCN)CCc1nc(C2CCCCS2)no1. The minimum absolute atomic E-state index is 0.456. The molecular weight excluding hydrogens is 246 g/mol. The molecule has 1 aliphatic rings. The molecule has 0 radical (unpaired) electrons. The fourth-order valence-electron chi connectivity index (χ4n) is 2.24. The molecular formula is C13H23N3OS. The summed E-state index contributed by atoms with van der Waals surface area (Å²) in [7, 11) is 0. The van der Waals surface area contributed by atoms with Crippen LogP contribution in [0.3, 0.4) is 0 Å². The zero-order chi connectivity index (χ0) is 12.8. The zero-order valence-electron chi connectivity index (χ0n) is 11.1. The summed E-state index contributed by atoms with van der Waals surface area (Å²) in [6.07, 6.45) is 6.83. The van der Waals surface area contributed by atoms with Gasteiger partial charge in [-0.3, -0.25) is 0 Å². The molecule has 2 N–H and O–H groups in total. The molecule has 2 atom stereocenters. The molecule has 1 aromatic rings. The van der Waals surface area contributed by atoms with Crippen LogP contribution >= 0.6 is 11.8 Å². The van der Waals surface area contributed by atoms with E-state index < -0.39 is 0 Å². The van der Waals surface area contributed by atoms with Crippen molar-refractivity contribution < 1.29 is 4.52 Å². The highest BCUT2D eigenvalue weighted by atomic mass is 32.2. The Morgan fingerprint density at radius 2 is 2.33 bits per heavy atom. The van der Waals surface area contributed by atoms with Crippen molar-refractivity contribution >= 4 is 11.8 Å². The summed E-state index contributed by atoms with van der Waals surface area (Å²) < 4.78 is 5.34. The first-order valence-electron chi connectivity index (χ1n) is 6.93. The van der Waals surface area contributed by atoms with Gasteiger partial charge in [0.1, 0.15) is 0 Å². The maximum atomic E-state index is 5.55. The first kappa shape index (κ1) is 13.9. The highest BCUT2D eigenvalue weighted by Crippen LogP contribution is 2.36. The predicted octanol–water partition coefficient (Wildman–Crippen LogP) is 2.95. The third-order valence-corrected chi connectivity index (χ3v) is 4.84. The van der Waals surface area contributed by atoms with Gasteiger partial charge in [0.2, 0.25) is 5.89 Å². The van der Waals surface area contributed by atoms with Crippen LogP contribution < -0.4 is 5.73 Å². The summed E-state index contributed by atoms with van der Waals surface area (Å²) in [5.74, 6) is 3.55.